The predicted molar refractivity (Wildman–Crippen MR) is 65.6 cm³/mol. The highest BCUT2D eigenvalue weighted by Gasteiger charge is 2.09. The van der Waals surface area contributed by atoms with Gasteiger partial charge in [0.05, 0.1) is 19.0 Å². The lowest BCUT2D eigenvalue weighted by Gasteiger charge is -2.10. The number of nitrogens with two attached hydrogens (primary N) is 1. The Morgan fingerprint density at radius 1 is 1.25 bits per heavy atom. The molecule has 2 rings (SSSR count). The Kier molecular flexibility index (Phi) is 2.97. The van der Waals surface area contributed by atoms with Crippen LogP contribution in [0.4, 0.5) is 5.69 Å². The summed E-state index contributed by atoms with van der Waals surface area (Å²) in [6, 6.07) is 7.26. The molecule has 0 aliphatic rings. The van der Waals surface area contributed by atoms with Crippen molar-refractivity contribution >= 4 is 17.3 Å². The number of rotatable bonds is 2. The number of benzene rings is 1. The maximum Gasteiger partial charge on any atom is 0.126 e. The Bertz CT molecular complexity index is 514. The van der Waals surface area contributed by atoms with Gasteiger partial charge in [0.2, 0.25) is 0 Å². The first-order chi connectivity index (χ1) is 7.72. The van der Waals surface area contributed by atoms with Crippen LogP contribution in [0.5, 0.6) is 5.75 Å². The van der Waals surface area contributed by atoms with Gasteiger partial charge < -0.3 is 10.5 Å². The maximum atomic E-state index is 5.96. The normalized spacial score (nSPS) is 10.1. The van der Waals surface area contributed by atoms with Gasteiger partial charge in [-0.1, -0.05) is 11.6 Å². The smallest absolute Gasteiger partial charge is 0.126 e. The molecule has 0 amide bonds. The van der Waals surface area contributed by atoms with Gasteiger partial charge in [-0.2, -0.15) is 0 Å². The van der Waals surface area contributed by atoms with E-state index in [9.17, 15) is 0 Å². The lowest BCUT2D eigenvalue weighted by molar-refractivity contribution is 0.416. The Balaban J connectivity index is 2.63. The van der Waals surface area contributed by atoms with Crippen molar-refractivity contribution < 1.29 is 4.74 Å². The fourth-order valence-corrected chi connectivity index (χ4v) is 1.71. The van der Waals surface area contributed by atoms with Crippen molar-refractivity contribution in [1.29, 1.82) is 0 Å². The van der Waals surface area contributed by atoms with Gasteiger partial charge in [0.1, 0.15) is 5.75 Å². The van der Waals surface area contributed by atoms with Crippen molar-refractivity contribution in [2.24, 2.45) is 0 Å². The van der Waals surface area contributed by atoms with Gasteiger partial charge in [0.25, 0.3) is 0 Å². The minimum absolute atomic E-state index is 0.600. The number of hydrogen-bond donors (Lipinski definition) is 1. The van der Waals surface area contributed by atoms with Gasteiger partial charge in [0, 0.05) is 22.3 Å². The maximum absolute atomic E-state index is 5.96. The van der Waals surface area contributed by atoms with Gasteiger partial charge in [-0.3, -0.25) is 4.98 Å². The molecule has 0 fully saturated rings. The van der Waals surface area contributed by atoms with Crippen LogP contribution in [0.25, 0.3) is 11.1 Å². The Morgan fingerprint density at radius 2 is 2.06 bits per heavy atom. The molecule has 2 N–H and O–H groups in total. The van der Waals surface area contributed by atoms with E-state index in [1.807, 2.05) is 18.2 Å². The van der Waals surface area contributed by atoms with Crippen molar-refractivity contribution in [2.45, 2.75) is 0 Å². The quantitative estimate of drug-likeness (QED) is 0.869. The van der Waals surface area contributed by atoms with E-state index in [-0.39, 0.29) is 0 Å². The average molecular weight is 235 g/mol. The molecular formula is C12H11ClN2O. The molecule has 0 atom stereocenters. The summed E-state index contributed by atoms with van der Waals surface area (Å²) in [5.41, 5.74) is 8.21. The predicted octanol–water partition coefficient (Wildman–Crippen LogP) is 2.99. The first kappa shape index (κ1) is 10.8. The molecule has 1 heterocycles. The van der Waals surface area contributed by atoms with Gasteiger partial charge in [0.15, 0.2) is 0 Å². The monoisotopic (exact) mass is 234 g/mol. The van der Waals surface area contributed by atoms with E-state index < -0.39 is 0 Å². The van der Waals surface area contributed by atoms with Crippen LogP contribution in [0, 0.1) is 0 Å². The topological polar surface area (TPSA) is 48.1 Å². The standard InChI is InChI=1S/C12H11ClN2O/c1-16-12-3-2-8(13)6-10(12)9-4-5-15-7-11(9)14/h2-7H,14H2,1H3. The summed E-state index contributed by atoms with van der Waals surface area (Å²) in [7, 11) is 1.62. The molecule has 3 nitrogen and oxygen atoms in total. The van der Waals surface area contributed by atoms with Crippen LogP contribution in [0.3, 0.4) is 0 Å². The van der Waals surface area contributed by atoms with Crippen molar-refractivity contribution in [3.63, 3.8) is 0 Å². The minimum Gasteiger partial charge on any atom is -0.496 e. The fourth-order valence-electron chi connectivity index (χ4n) is 1.54. The highest BCUT2D eigenvalue weighted by atomic mass is 35.5. The summed E-state index contributed by atoms with van der Waals surface area (Å²) in [6.45, 7) is 0. The lowest BCUT2D eigenvalue weighted by Crippen LogP contribution is -1.93. The number of nitrogen functional groups attached to an aromatic ring is 1. The number of nitrogens with zero attached hydrogens (tertiary/aromatic N) is 1. The number of methoxy groups -OCH3 is 1. The average Bonchev–Trinajstić information content (AvgIpc) is 2.29. The van der Waals surface area contributed by atoms with Crippen LogP contribution >= 0.6 is 11.6 Å². The Morgan fingerprint density at radius 3 is 2.75 bits per heavy atom. The third kappa shape index (κ3) is 1.95. The summed E-state index contributed by atoms with van der Waals surface area (Å²) in [5.74, 6) is 0.738. The first-order valence-electron chi connectivity index (χ1n) is 4.76. The molecule has 0 aliphatic heterocycles. The van der Waals surface area contributed by atoms with Crippen LogP contribution in [0.2, 0.25) is 5.02 Å². The zero-order valence-electron chi connectivity index (χ0n) is 8.77. The van der Waals surface area contributed by atoms with Crippen LogP contribution in [-0.4, -0.2) is 12.1 Å². The molecule has 0 spiro atoms. The van der Waals surface area contributed by atoms with E-state index in [0.717, 1.165) is 16.9 Å². The summed E-state index contributed by atoms with van der Waals surface area (Å²) in [6.07, 6.45) is 3.29. The molecule has 0 unspecified atom stereocenters. The first-order valence-corrected chi connectivity index (χ1v) is 5.13. The van der Waals surface area contributed by atoms with Crippen molar-refractivity contribution in [3.05, 3.63) is 41.7 Å². The highest BCUT2D eigenvalue weighted by Crippen LogP contribution is 2.34. The molecule has 4 heteroatoms. The van der Waals surface area contributed by atoms with E-state index in [1.54, 1.807) is 25.6 Å². The lowest BCUT2D eigenvalue weighted by atomic mass is 10.0. The summed E-state index contributed by atoms with van der Waals surface area (Å²) in [4.78, 5) is 3.95. The second kappa shape index (κ2) is 4.41. The molecule has 2 aromatic rings. The van der Waals surface area contributed by atoms with Gasteiger partial charge in [-0.15, -0.1) is 0 Å². The van der Waals surface area contributed by atoms with E-state index in [1.165, 1.54) is 0 Å². The molecule has 1 aromatic heterocycles. The second-order valence-corrected chi connectivity index (χ2v) is 3.74. The SMILES string of the molecule is COc1ccc(Cl)cc1-c1ccncc1N. The van der Waals surface area contributed by atoms with Crippen LogP contribution in [0.15, 0.2) is 36.7 Å². The van der Waals surface area contributed by atoms with E-state index in [4.69, 9.17) is 22.1 Å². The molecule has 0 radical (unpaired) electrons. The molecule has 0 saturated carbocycles. The molecule has 16 heavy (non-hydrogen) atoms. The molecule has 1 aromatic carbocycles. The number of pyridine rings is 1. The van der Waals surface area contributed by atoms with Crippen molar-refractivity contribution in [2.75, 3.05) is 12.8 Å². The zero-order valence-corrected chi connectivity index (χ0v) is 9.53. The largest absolute Gasteiger partial charge is 0.496 e. The highest BCUT2D eigenvalue weighted by molar-refractivity contribution is 6.31. The molecule has 82 valence electrons. The van der Waals surface area contributed by atoms with Gasteiger partial charge in [-0.05, 0) is 24.3 Å². The van der Waals surface area contributed by atoms with Gasteiger partial charge in [-0.25, -0.2) is 0 Å². The summed E-state index contributed by atoms with van der Waals surface area (Å²) in [5, 5.41) is 0.645. The van der Waals surface area contributed by atoms with Crippen LogP contribution < -0.4 is 10.5 Å². The van der Waals surface area contributed by atoms with E-state index in [0.29, 0.717) is 10.7 Å². The van der Waals surface area contributed by atoms with E-state index in [2.05, 4.69) is 4.98 Å². The molecule has 0 bridgehead atoms. The van der Waals surface area contributed by atoms with Crippen molar-refractivity contribution in [3.8, 4) is 16.9 Å². The Labute approximate surface area is 98.8 Å². The van der Waals surface area contributed by atoms with E-state index >= 15 is 0 Å². The summed E-state index contributed by atoms with van der Waals surface area (Å²) < 4.78 is 5.28. The molecule has 0 aliphatic carbocycles. The van der Waals surface area contributed by atoms with Gasteiger partial charge >= 0.3 is 0 Å². The second-order valence-electron chi connectivity index (χ2n) is 3.31. The number of hydrogen-bond acceptors (Lipinski definition) is 3. The summed E-state index contributed by atoms with van der Waals surface area (Å²) >= 11 is 5.96. The molecular weight excluding hydrogens is 224 g/mol. The number of anilines is 1. The number of halogens is 1. The van der Waals surface area contributed by atoms with Crippen LogP contribution in [0.1, 0.15) is 0 Å². The Hall–Kier alpha value is -1.74. The zero-order chi connectivity index (χ0) is 11.5. The number of ether oxygens (including phenoxy) is 1. The van der Waals surface area contributed by atoms with Crippen LogP contribution in [-0.2, 0) is 0 Å². The molecule has 0 saturated heterocycles. The minimum atomic E-state index is 0.600. The fraction of sp³-hybridized carbons (Fsp3) is 0.0833. The third-order valence-electron chi connectivity index (χ3n) is 2.30. The number of aromatic nitrogens is 1. The third-order valence-corrected chi connectivity index (χ3v) is 2.54. The van der Waals surface area contributed by atoms with Crippen molar-refractivity contribution in [1.82, 2.24) is 4.98 Å².